The van der Waals surface area contributed by atoms with Crippen molar-refractivity contribution in [1.82, 2.24) is 4.90 Å². The second kappa shape index (κ2) is 6.12. The molecule has 0 radical (unpaired) electrons. The van der Waals surface area contributed by atoms with E-state index in [1.807, 2.05) is 30.0 Å². The average molecular weight is 311 g/mol. The normalized spacial score (nSPS) is 19.9. The first-order chi connectivity index (χ1) is 9.15. The number of hydrogen-bond acceptors (Lipinski definition) is 3. The smallest absolute Gasteiger partial charge is 0.263 e. The number of thiophene rings is 1. The van der Waals surface area contributed by atoms with E-state index in [1.54, 1.807) is 11.3 Å². The molecular formula is C15H19ClN2OS. The fourth-order valence-corrected chi connectivity index (χ4v) is 3.67. The van der Waals surface area contributed by atoms with E-state index in [0.717, 1.165) is 29.8 Å². The number of rotatable bonds is 2. The molecule has 3 rings (SSSR count). The van der Waals surface area contributed by atoms with Gasteiger partial charge in [-0.1, -0.05) is 18.2 Å². The Morgan fingerprint density at radius 2 is 2.20 bits per heavy atom. The Balaban J connectivity index is 0.00000147. The van der Waals surface area contributed by atoms with E-state index in [4.69, 9.17) is 5.73 Å². The van der Waals surface area contributed by atoms with Gasteiger partial charge in [0.05, 0.1) is 4.88 Å². The number of hydrogen-bond donors (Lipinski definition) is 1. The minimum Gasteiger partial charge on any atom is -0.338 e. The molecule has 1 aromatic carbocycles. The summed E-state index contributed by atoms with van der Waals surface area (Å²) in [7, 11) is 0. The molecule has 1 aliphatic heterocycles. The minimum absolute atomic E-state index is 0. The van der Waals surface area contributed by atoms with Crippen molar-refractivity contribution < 1.29 is 4.79 Å². The fourth-order valence-electron chi connectivity index (χ4n) is 2.64. The highest BCUT2D eigenvalue weighted by atomic mass is 35.5. The zero-order valence-electron chi connectivity index (χ0n) is 11.4. The number of fused-ring (bicyclic) bond motifs is 1. The Bertz CT molecular complexity index is 578. The van der Waals surface area contributed by atoms with Crippen molar-refractivity contribution >= 4 is 39.7 Å². The highest BCUT2D eigenvalue weighted by molar-refractivity contribution is 7.20. The van der Waals surface area contributed by atoms with Crippen LogP contribution in [-0.2, 0) is 0 Å². The van der Waals surface area contributed by atoms with Crippen LogP contribution in [0.15, 0.2) is 30.3 Å². The molecule has 1 aromatic heterocycles. The molecule has 108 valence electrons. The molecule has 20 heavy (non-hydrogen) atoms. The molecule has 2 atom stereocenters. The summed E-state index contributed by atoms with van der Waals surface area (Å²) < 4.78 is 1.17. The quantitative estimate of drug-likeness (QED) is 0.926. The number of likely N-dealkylation sites (tertiary alicyclic amines) is 1. The third kappa shape index (κ3) is 2.82. The predicted molar refractivity (Wildman–Crippen MR) is 86.7 cm³/mol. The van der Waals surface area contributed by atoms with Crippen LogP contribution in [0.3, 0.4) is 0 Å². The molecule has 0 spiro atoms. The second-order valence-electron chi connectivity index (χ2n) is 5.31. The van der Waals surface area contributed by atoms with Crippen molar-refractivity contribution in [2.24, 2.45) is 11.7 Å². The molecule has 3 nitrogen and oxygen atoms in total. The first-order valence-corrected chi connectivity index (χ1v) is 7.50. The van der Waals surface area contributed by atoms with Crippen molar-refractivity contribution in [2.45, 2.75) is 19.4 Å². The van der Waals surface area contributed by atoms with Crippen LogP contribution in [0.25, 0.3) is 10.1 Å². The molecular weight excluding hydrogens is 292 g/mol. The van der Waals surface area contributed by atoms with E-state index >= 15 is 0 Å². The van der Waals surface area contributed by atoms with Gasteiger partial charge in [-0.2, -0.15) is 0 Å². The Hall–Kier alpha value is -1.10. The van der Waals surface area contributed by atoms with E-state index in [0.29, 0.717) is 5.92 Å². The second-order valence-corrected chi connectivity index (χ2v) is 6.39. The molecule has 2 heterocycles. The van der Waals surface area contributed by atoms with Gasteiger partial charge in [0.2, 0.25) is 0 Å². The maximum Gasteiger partial charge on any atom is 0.263 e. The largest absolute Gasteiger partial charge is 0.338 e. The summed E-state index contributed by atoms with van der Waals surface area (Å²) >= 11 is 1.58. The highest BCUT2D eigenvalue weighted by Crippen LogP contribution is 2.28. The summed E-state index contributed by atoms with van der Waals surface area (Å²) in [6.45, 7) is 3.65. The Morgan fingerprint density at radius 1 is 1.45 bits per heavy atom. The molecule has 2 N–H and O–H groups in total. The zero-order chi connectivity index (χ0) is 13.4. The standard InChI is InChI=1S/C15H18N2OS.ClH/c1-10(16)12-6-7-17(9-12)15(18)14-8-11-4-2-3-5-13(11)19-14;/h2-5,8,10,12H,6-7,9,16H2,1H3;1H. The molecule has 0 bridgehead atoms. The molecule has 0 aliphatic carbocycles. The van der Waals surface area contributed by atoms with E-state index < -0.39 is 0 Å². The fraction of sp³-hybridized carbons (Fsp3) is 0.400. The number of carbonyl (C=O) groups excluding carboxylic acids is 1. The maximum atomic E-state index is 12.5. The molecule has 1 amide bonds. The number of benzene rings is 1. The van der Waals surface area contributed by atoms with Crippen molar-refractivity contribution in [3.63, 3.8) is 0 Å². The molecule has 2 aromatic rings. The van der Waals surface area contributed by atoms with Crippen molar-refractivity contribution in [3.05, 3.63) is 35.2 Å². The van der Waals surface area contributed by atoms with Crippen molar-refractivity contribution in [3.8, 4) is 0 Å². The summed E-state index contributed by atoms with van der Waals surface area (Å²) in [6.07, 6.45) is 1.02. The number of amides is 1. The van der Waals surface area contributed by atoms with Gasteiger partial charge in [-0.05, 0) is 36.8 Å². The minimum atomic E-state index is 0. The van der Waals surface area contributed by atoms with Crippen LogP contribution < -0.4 is 5.73 Å². The monoisotopic (exact) mass is 310 g/mol. The van der Waals surface area contributed by atoms with Crippen LogP contribution in [0.5, 0.6) is 0 Å². The molecule has 2 unspecified atom stereocenters. The lowest BCUT2D eigenvalue weighted by Gasteiger charge is -2.17. The van der Waals surface area contributed by atoms with Crippen LogP contribution in [-0.4, -0.2) is 29.9 Å². The summed E-state index contributed by atoms with van der Waals surface area (Å²) in [5.74, 6) is 0.600. The summed E-state index contributed by atoms with van der Waals surface area (Å²) in [6, 6.07) is 10.3. The van der Waals surface area contributed by atoms with Gasteiger partial charge >= 0.3 is 0 Å². The summed E-state index contributed by atoms with van der Waals surface area (Å²) in [5.41, 5.74) is 5.92. The van der Waals surface area contributed by atoms with Gasteiger partial charge in [-0.25, -0.2) is 0 Å². The van der Waals surface area contributed by atoms with Crippen molar-refractivity contribution in [2.75, 3.05) is 13.1 Å². The van der Waals surface area contributed by atoms with Crippen LogP contribution in [0, 0.1) is 5.92 Å². The summed E-state index contributed by atoms with van der Waals surface area (Å²) in [4.78, 5) is 15.3. The highest BCUT2D eigenvalue weighted by Gasteiger charge is 2.29. The van der Waals surface area contributed by atoms with Gasteiger partial charge in [0.25, 0.3) is 5.91 Å². The molecule has 1 saturated heterocycles. The van der Waals surface area contributed by atoms with Gasteiger partial charge in [-0.3, -0.25) is 4.79 Å². The lowest BCUT2D eigenvalue weighted by molar-refractivity contribution is 0.0791. The van der Waals surface area contributed by atoms with E-state index in [1.165, 1.54) is 4.70 Å². The van der Waals surface area contributed by atoms with E-state index in [-0.39, 0.29) is 24.4 Å². The third-order valence-electron chi connectivity index (χ3n) is 3.89. The maximum absolute atomic E-state index is 12.5. The third-order valence-corrected chi connectivity index (χ3v) is 5.00. The SMILES string of the molecule is CC(N)C1CCN(C(=O)c2cc3ccccc3s2)C1.Cl. The van der Waals surface area contributed by atoms with E-state index in [9.17, 15) is 4.79 Å². The van der Waals surface area contributed by atoms with Gasteiger partial charge in [-0.15, -0.1) is 23.7 Å². The topological polar surface area (TPSA) is 46.3 Å². The molecule has 1 aliphatic rings. The number of carbonyl (C=O) groups is 1. The Kier molecular flexibility index (Phi) is 4.68. The molecule has 1 fully saturated rings. The first-order valence-electron chi connectivity index (χ1n) is 6.68. The Labute approximate surface area is 129 Å². The van der Waals surface area contributed by atoms with Gasteiger partial charge < -0.3 is 10.6 Å². The lowest BCUT2D eigenvalue weighted by atomic mass is 10.0. The molecule has 0 saturated carbocycles. The molecule has 5 heteroatoms. The summed E-state index contributed by atoms with van der Waals surface area (Å²) in [5, 5.41) is 1.15. The number of nitrogens with zero attached hydrogens (tertiary/aromatic N) is 1. The number of nitrogens with two attached hydrogens (primary N) is 1. The van der Waals surface area contributed by atoms with Gasteiger partial charge in [0, 0.05) is 23.8 Å². The average Bonchev–Trinajstić information content (AvgIpc) is 3.04. The van der Waals surface area contributed by atoms with Crippen molar-refractivity contribution in [1.29, 1.82) is 0 Å². The van der Waals surface area contributed by atoms with E-state index in [2.05, 4.69) is 12.1 Å². The van der Waals surface area contributed by atoms with Gasteiger partial charge in [0.1, 0.15) is 0 Å². The zero-order valence-corrected chi connectivity index (χ0v) is 13.0. The lowest BCUT2D eigenvalue weighted by Crippen LogP contribution is -2.32. The van der Waals surface area contributed by atoms with Crippen LogP contribution >= 0.6 is 23.7 Å². The number of halogens is 1. The van der Waals surface area contributed by atoms with Crippen LogP contribution in [0.2, 0.25) is 0 Å². The first kappa shape index (κ1) is 15.3. The Morgan fingerprint density at radius 3 is 2.85 bits per heavy atom. The predicted octanol–water partition coefficient (Wildman–Crippen LogP) is 3.13. The van der Waals surface area contributed by atoms with Crippen LogP contribution in [0.4, 0.5) is 0 Å². The van der Waals surface area contributed by atoms with Crippen LogP contribution in [0.1, 0.15) is 23.0 Å². The van der Waals surface area contributed by atoms with Gasteiger partial charge in [0.15, 0.2) is 0 Å².